The molecule has 0 radical (unpaired) electrons. The summed E-state index contributed by atoms with van der Waals surface area (Å²) in [7, 11) is 2.14. The number of nitrogens with zero attached hydrogens (tertiary/aromatic N) is 3. The van der Waals surface area contributed by atoms with E-state index in [1.807, 2.05) is 38.1 Å². The topological polar surface area (TPSA) is 97.9 Å². The second-order valence-corrected chi connectivity index (χ2v) is 8.60. The summed E-state index contributed by atoms with van der Waals surface area (Å²) in [6.07, 6.45) is 0. The van der Waals surface area contributed by atoms with Crippen molar-refractivity contribution in [2.75, 3.05) is 38.1 Å². The van der Waals surface area contributed by atoms with E-state index in [1.165, 1.54) is 16.5 Å². The number of likely N-dealkylation sites (N-methyl/N-ethyl adjacent to an activating group) is 1. The average molecular weight is 424 g/mol. The predicted octanol–water partition coefficient (Wildman–Crippen LogP) is 3.80. The minimum Gasteiger partial charge on any atom is -0.508 e. The molecule has 0 atom stereocenters. The molecule has 0 aromatic heterocycles. The van der Waals surface area contributed by atoms with Crippen LogP contribution < -0.4 is 4.90 Å². The molecule has 0 amide bonds. The van der Waals surface area contributed by atoms with E-state index >= 15 is 0 Å². The van der Waals surface area contributed by atoms with E-state index in [9.17, 15) is 10.2 Å². The third-order valence-corrected chi connectivity index (χ3v) is 5.78. The maximum atomic E-state index is 10.4. The van der Waals surface area contributed by atoms with Crippen molar-refractivity contribution in [3.8, 4) is 11.5 Å². The Morgan fingerprint density at radius 3 is 2.16 bits per heavy atom. The van der Waals surface area contributed by atoms with Gasteiger partial charge in [0.2, 0.25) is 0 Å². The van der Waals surface area contributed by atoms with Gasteiger partial charge in [-0.05, 0) is 49.2 Å². The van der Waals surface area contributed by atoms with Crippen molar-refractivity contribution in [2.45, 2.75) is 33.2 Å². The Balaban J connectivity index is 1.83. The summed E-state index contributed by atoms with van der Waals surface area (Å²) in [6, 6.07) is 10.8. The Morgan fingerprint density at radius 2 is 1.61 bits per heavy atom. The first-order valence-electron chi connectivity index (χ1n) is 10.7. The van der Waals surface area contributed by atoms with Crippen LogP contribution in [0.1, 0.15) is 43.4 Å². The second kappa shape index (κ2) is 9.49. The number of aromatic hydroxyl groups is 2. The van der Waals surface area contributed by atoms with Crippen molar-refractivity contribution in [1.29, 1.82) is 10.8 Å². The number of piperazine rings is 1. The van der Waals surface area contributed by atoms with Crippen molar-refractivity contribution in [1.82, 2.24) is 9.80 Å². The molecule has 7 heteroatoms. The molecule has 166 valence electrons. The van der Waals surface area contributed by atoms with E-state index in [-0.39, 0.29) is 34.7 Å². The lowest BCUT2D eigenvalue weighted by atomic mass is 9.98. The van der Waals surface area contributed by atoms with E-state index < -0.39 is 0 Å². The molecule has 1 saturated heterocycles. The van der Waals surface area contributed by atoms with Gasteiger partial charge in [-0.15, -0.1) is 0 Å². The van der Waals surface area contributed by atoms with Crippen LogP contribution in [0, 0.1) is 10.8 Å². The van der Waals surface area contributed by atoms with Crippen LogP contribution in [0.25, 0.3) is 0 Å². The first-order valence-corrected chi connectivity index (χ1v) is 10.7. The highest BCUT2D eigenvalue weighted by molar-refractivity contribution is 6.23. The van der Waals surface area contributed by atoms with Gasteiger partial charge in [-0.3, -0.25) is 20.6 Å². The molecule has 0 aliphatic carbocycles. The fraction of sp³-hybridized carbons (Fsp3) is 0.417. The summed E-state index contributed by atoms with van der Waals surface area (Å²) in [5.41, 5.74) is 2.83. The van der Waals surface area contributed by atoms with Gasteiger partial charge in [-0.25, -0.2) is 0 Å². The molecule has 0 bridgehead atoms. The van der Waals surface area contributed by atoms with E-state index in [1.54, 1.807) is 13.0 Å². The zero-order chi connectivity index (χ0) is 22.7. The van der Waals surface area contributed by atoms with Crippen molar-refractivity contribution < 1.29 is 10.2 Å². The molecule has 1 aliphatic heterocycles. The van der Waals surface area contributed by atoms with Crippen molar-refractivity contribution in [3.05, 3.63) is 53.1 Å². The molecule has 3 rings (SSSR count). The molecule has 2 aromatic carbocycles. The highest BCUT2D eigenvalue weighted by Crippen LogP contribution is 2.33. The lowest BCUT2D eigenvalue weighted by Crippen LogP contribution is -2.43. The van der Waals surface area contributed by atoms with Gasteiger partial charge >= 0.3 is 0 Å². The molecular formula is C24H33N5O2. The number of benzene rings is 2. The van der Waals surface area contributed by atoms with E-state index in [0.29, 0.717) is 11.3 Å². The summed E-state index contributed by atoms with van der Waals surface area (Å²) in [4.78, 5) is 6.26. The highest BCUT2D eigenvalue weighted by Gasteiger charge is 2.22. The average Bonchev–Trinajstić information content (AvgIpc) is 2.70. The minimum atomic E-state index is -0.176. The predicted molar refractivity (Wildman–Crippen MR) is 126 cm³/mol. The van der Waals surface area contributed by atoms with Gasteiger partial charge < -0.3 is 15.1 Å². The van der Waals surface area contributed by atoms with Crippen molar-refractivity contribution >= 4 is 17.4 Å². The number of phenols is 2. The van der Waals surface area contributed by atoms with Gasteiger partial charge in [0, 0.05) is 44.5 Å². The third kappa shape index (κ3) is 5.24. The molecule has 1 aliphatic rings. The zero-order valence-electron chi connectivity index (χ0n) is 18.8. The standard InChI is InChI=1S/C24H33N5O2/c1-16(2)20-13-21(23(31)14-22(20)30)24(26)29(17(3)25)19-7-5-18(6-8-19)15-28-11-9-27(4)10-12-28/h5-8,13-14,16,25-26,30-31H,9-12,15H2,1-4H3. The Labute approximate surface area is 184 Å². The molecule has 0 spiro atoms. The van der Waals surface area contributed by atoms with Gasteiger partial charge in [0.1, 0.15) is 23.2 Å². The Morgan fingerprint density at radius 1 is 1.00 bits per heavy atom. The van der Waals surface area contributed by atoms with Crippen molar-refractivity contribution in [3.63, 3.8) is 0 Å². The number of hydrogen-bond acceptors (Lipinski definition) is 6. The van der Waals surface area contributed by atoms with Gasteiger partial charge in [-0.2, -0.15) is 0 Å². The van der Waals surface area contributed by atoms with Gasteiger partial charge in [0.05, 0.1) is 5.56 Å². The summed E-state index contributed by atoms with van der Waals surface area (Å²) in [6.45, 7) is 10.6. The molecule has 2 aromatic rings. The van der Waals surface area contributed by atoms with E-state index in [2.05, 4.69) is 16.8 Å². The van der Waals surface area contributed by atoms with Crippen LogP contribution in [-0.2, 0) is 6.54 Å². The molecule has 1 fully saturated rings. The first kappa shape index (κ1) is 22.8. The maximum Gasteiger partial charge on any atom is 0.141 e. The summed E-state index contributed by atoms with van der Waals surface area (Å²) >= 11 is 0. The maximum absolute atomic E-state index is 10.4. The van der Waals surface area contributed by atoms with Crippen molar-refractivity contribution in [2.24, 2.45) is 0 Å². The fourth-order valence-corrected chi connectivity index (χ4v) is 3.87. The Bertz CT molecular complexity index is 947. The first-order chi connectivity index (χ1) is 14.7. The van der Waals surface area contributed by atoms with Crippen LogP contribution >= 0.6 is 0 Å². The monoisotopic (exact) mass is 423 g/mol. The molecular weight excluding hydrogens is 390 g/mol. The molecule has 7 nitrogen and oxygen atoms in total. The summed E-state index contributed by atoms with van der Waals surface area (Å²) in [5.74, 6) is 0.0462. The largest absolute Gasteiger partial charge is 0.508 e. The Kier molecular flexibility index (Phi) is 6.97. The Hall–Kier alpha value is -2.90. The summed E-state index contributed by atoms with van der Waals surface area (Å²) < 4.78 is 0. The number of amidine groups is 2. The van der Waals surface area contributed by atoms with Crippen LogP contribution in [0.15, 0.2) is 36.4 Å². The van der Waals surface area contributed by atoms with Crippen LogP contribution in [-0.4, -0.2) is 64.9 Å². The van der Waals surface area contributed by atoms with Crippen LogP contribution in [0.5, 0.6) is 11.5 Å². The third-order valence-electron chi connectivity index (χ3n) is 5.78. The fourth-order valence-electron chi connectivity index (χ4n) is 3.87. The lowest BCUT2D eigenvalue weighted by molar-refractivity contribution is 0.148. The number of hydrogen-bond donors (Lipinski definition) is 4. The molecule has 1 heterocycles. The van der Waals surface area contributed by atoms with Gasteiger partial charge in [0.25, 0.3) is 0 Å². The van der Waals surface area contributed by atoms with Crippen LogP contribution in [0.2, 0.25) is 0 Å². The molecule has 4 N–H and O–H groups in total. The number of nitrogens with one attached hydrogen (secondary N) is 2. The van der Waals surface area contributed by atoms with Crippen LogP contribution in [0.3, 0.4) is 0 Å². The SMILES string of the molecule is CC(=N)N(C(=N)c1cc(C(C)C)c(O)cc1O)c1ccc(CN2CCN(C)CC2)cc1. The van der Waals surface area contributed by atoms with E-state index in [4.69, 9.17) is 10.8 Å². The molecule has 31 heavy (non-hydrogen) atoms. The van der Waals surface area contributed by atoms with E-state index in [0.717, 1.165) is 32.7 Å². The second-order valence-electron chi connectivity index (χ2n) is 8.60. The quantitative estimate of drug-likeness (QED) is 0.433. The van der Waals surface area contributed by atoms with Gasteiger partial charge in [-0.1, -0.05) is 26.0 Å². The lowest BCUT2D eigenvalue weighted by Gasteiger charge is -2.32. The highest BCUT2D eigenvalue weighted by atomic mass is 16.3. The number of phenolic OH excluding ortho intramolecular Hbond substituents is 2. The molecule has 0 saturated carbocycles. The normalized spacial score (nSPS) is 15.3. The van der Waals surface area contributed by atoms with Crippen LogP contribution in [0.4, 0.5) is 5.69 Å². The zero-order valence-corrected chi connectivity index (χ0v) is 18.8. The minimum absolute atomic E-state index is 0.00119. The number of anilines is 1. The molecule has 0 unspecified atom stereocenters. The number of rotatable bonds is 5. The smallest absolute Gasteiger partial charge is 0.141 e. The summed E-state index contributed by atoms with van der Waals surface area (Å²) in [5, 5.41) is 37.5. The van der Waals surface area contributed by atoms with Gasteiger partial charge in [0.15, 0.2) is 0 Å².